The Labute approximate surface area is 120 Å². The van der Waals surface area contributed by atoms with Crippen molar-refractivity contribution in [3.8, 4) is 0 Å². The molecule has 0 spiro atoms. The van der Waals surface area contributed by atoms with Gasteiger partial charge in [-0.15, -0.1) is 0 Å². The van der Waals surface area contributed by atoms with E-state index in [1.807, 2.05) is 12.1 Å². The third-order valence-corrected chi connectivity index (χ3v) is 3.71. The number of benzene rings is 2. The number of β-lactam (4-membered cyclic amide) rings is 1. The van der Waals surface area contributed by atoms with E-state index < -0.39 is 6.04 Å². The SMILES string of the molecule is N[C@H]1C(=O)N(c2ccc(F)cc2)[C@@H]1c1ccc(Cl)cc1. The summed E-state index contributed by atoms with van der Waals surface area (Å²) in [5.41, 5.74) is 7.44. The Morgan fingerprint density at radius 3 is 2.25 bits per heavy atom. The number of anilines is 1. The standard InChI is InChI=1S/C15H12ClFN2O/c16-10-3-1-9(2-4-10)14-13(18)15(20)19(14)12-7-5-11(17)6-8-12/h1-8,13-14H,18H2/t13-,14-/m1/s1. The molecule has 0 aromatic heterocycles. The van der Waals surface area contributed by atoms with E-state index in [-0.39, 0.29) is 17.8 Å². The van der Waals surface area contributed by atoms with Gasteiger partial charge >= 0.3 is 0 Å². The average molecular weight is 291 g/mol. The quantitative estimate of drug-likeness (QED) is 0.865. The number of carbonyl (C=O) groups is 1. The molecule has 2 aromatic carbocycles. The molecule has 1 heterocycles. The number of halogens is 2. The third-order valence-electron chi connectivity index (χ3n) is 3.46. The lowest BCUT2D eigenvalue weighted by atomic mass is 9.88. The first kappa shape index (κ1) is 13.1. The van der Waals surface area contributed by atoms with Crippen LogP contribution in [0.25, 0.3) is 0 Å². The van der Waals surface area contributed by atoms with E-state index in [0.29, 0.717) is 10.7 Å². The normalized spacial score (nSPS) is 21.8. The van der Waals surface area contributed by atoms with E-state index in [1.54, 1.807) is 29.2 Å². The van der Waals surface area contributed by atoms with Gasteiger partial charge in [-0.2, -0.15) is 0 Å². The summed E-state index contributed by atoms with van der Waals surface area (Å²) in [6.07, 6.45) is 0. The largest absolute Gasteiger partial charge is 0.318 e. The van der Waals surface area contributed by atoms with E-state index in [1.165, 1.54) is 12.1 Å². The summed E-state index contributed by atoms with van der Waals surface area (Å²) in [7, 11) is 0. The highest BCUT2D eigenvalue weighted by Gasteiger charge is 2.46. The highest BCUT2D eigenvalue weighted by molar-refractivity contribution is 6.30. The van der Waals surface area contributed by atoms with Crippen LogP contribution in [0.5, 0.6) is 0 Å². The van der Waals surface area contributed by atoms with Crippen molar-refractivity contribution in [2.75, 3.05) is 4.90 Å². The lowest BCUT2D eigenvalue weighted by Crippen LogP contribution is -2.63. The molecule has 2 atom stereocenters. The van der Waals surface area contributed by atoms with Crippen LogP contribution in [0.1, 0.15) is 11.6 Å². The van der Waals surface area contributed by atoms with E-state index in [0.717, 1.165) is 5.56 Å². The second kappa shape index (κ2) is 4.89. The summed E-state index contributed by atoms with van der Waals surface area (Å²) in [5.74, 6) is -0.509. The van der Waals surface area contributed by atoms with Crippen molar-refractivity contribution in [1.82, 2.24) is 0 Å². The second-order valence-corrected chi connectivity index (χ2v) is 5.14. The maximum absolute atomic E-state index is 13.0. The van der Waals surface area contributed by atoms with Crippen molar-refractivity contribution in [3.63, 3.8) is 0 Å². The molecule has 2 N–H and O–H groups in total. The number of hydrogen-bond acceptors (Lipinski definition) is 2. The van der Waals surface area contributed by atoms with Crippen LogP contribution in [0.15, 0.2) is 48.5 Å². The molecule has 20 heavy (non-hydrogen) atoms. The molecule has 1 saturated heterocycles. The smallest absolute Gasteiger partial charge is 0.247 e. The average Bonchev–Trinajstić information content (AvgIpc) is 2.46. The Morgan fingerprint density at radius 2 is 1.65 bits per heavy atom. The maximum atomic E-state index is 13.0. The van der Waals surface area contributed by atoms with Gasteiger partial charge < -0.3 is 10.6 Å². The van der Waals surface area contributed by atoms with Gasteiger partial charge in [0.15, 0.2) is 0 Å². The molecule has 2 aromatic rings. The summed E-state index contributed by atoms with van der Waals surface area (Å²) in [6, 6.07) is 12.2. The predicted molar refractivity (Wildman–Crippen MR) is 76.1 cm³/mol. The molecule has 0 saturated carbocycles. The minimum Gasteiger partial charge on any atom is -0.318 e. The van der Waals surface area contributed by atoms with Gasteiger partial charge in [0.2, 0.25) is 5.91 Å². The number of carbonyl (C=O) groups excluding carboxylic acids is 1. The van der Waals surface area contributed by atoms with Crippen LogP contribution in [-0.2, 0) is 4.79 Å². The van der Waals surface area contributed by atoms with Crippen molar-refractivity contribution in [1.29, 1.82) is 0 Å². The summed E-state index contributed by atoms with van der Waals surface area (Å²) < 4.78 is 13.0. The first-order chi connectivity index (χ1) is 9.58. The van der Waals surface area contributed by atoms with Crippen LogP contribution < -0.4 is 10.6 Å². The summed E-state index contributed by atoms with van der Waals surface area (Å²) in [6.45, 7) is 0. The number of nitrogens with zero attached hydrogens (tertiary/aromatic N) is 1. The zero-order chi connectivity index (χ0) is 14.3. The van der Waals surface area contributed by atoms with Crippen molar-refractivity contribution >= 4 is 23.2 Å². The molecule has 0 bridgehead atoms. The minimum atomic E-state index is -0.582. The van der Waals surface area contributed by atoms with Crippen LogP contribution in [-0.4, -0.2) is 11.9 Å². The van der Waals surface area contributed by atoms with Gasteiger partial charge in [-0.05, 0) is 42.0 Å². The lowest BCUT2D eigenvalue weighted by molar-refractivity contribution is -0.126. The van der Waals surface area contributed by atoms with Crippen LogP contribution in [0, 0.1) is 5.82 Å². The van der Waals surface area contributed by atoms with Crippen LogP contribution in [0.3, 0.4) is 0 Å². The van der Waals surface area contributed by atoms with Crippen molar-refractivity contribution in [2.45, 2.75) is 12.1 Å². The first-order valence-corrected chi connectivity index (χ1v) is 6.55. The Morgan fingerprint density at radius 1 is 1.05 bits per heavy atom. The Kier molecular flexibility index (Phi) is 3.20. The van der Waals surface area contributed by atoms with Gasteiger partial charge in [0.05, 0.1) is 6.04 Å². The maximum Gasteiger partial charge on any atom is 0.247 e. The summed E-state index contributed by atoms with van der Waals surface area (Å²) in [5, 5.41) is 0.626. The highest BCUT2D eigenvalue weighted by Crippen LogP contribution is 2.38. The predicted octanol–water partition coefficient (Wildman–Crippen LogP) is 2.89. The molecule has 1 aliphatic rings. The van der Waals surface area contributed by atoms with Crippen molar-refractivity contribution < 1.29 is 9.18 Å². The molecule has 3 rings (SSSR count). The van der Waals surface area contributed by atoms with Crippen LogP contribution in [0.4, 0.5) is 10.1 Å². The van der Waals surface area contributed by atoms with Gasteiger partial charge in [0.25, 0.3) is 0 Å². The number of nitrogens with two attached hydrogens (primary N) is 1. The summed E-state index contributed by atoms with van der Waals surface area (Å²) in [4.78, 5) is 13.6. The Bertz CT molecular complexity index is 642. The second-order valence-electron chi connectivity index (χ2n) is 4.71. The van der Waals surface area contributed by atoms with Gasteiger partial charge in [0, 0.05) is 10.7 Å². The van der Waals surface area contributed by atoms with Gasteiger partial charge in [0.1, 0.15) is 11.9 Å². The van der Waals surface area contributed by atoms with E-state index in [9.17, 15) is 9.18 Å². The first-order valence-electron chi connectivity index (χ1n) is 6.17. The number of amides is 1. The topological polar surface area (TPSA) is 46.3 Å². The highest BCUT2D eigenvalue weighted by atomic mass is 35.5. The van der Waals surface area contributed by atoms with Crippen molar-refractivity contribution in [2.24, 2.45) is 5.73 Å². The molecule has 1 aliphatic heterocycles. The third kappa shape index (κ3) is 2.07. The van der Waals surface area contributed by atoms with Crippen LogP contribution >= 0.6 is 11.6 Å². The molecule has 1 amide bonds. The minimum absolute atomic E-state index is 0.170. The fourth-order valence-corrected chi connectivity index (χ4v) is 2.54. The number of hydrogen-bond donors (Lipinski definition) is 1. The van der Waals surface area contributed by atoms with Crippen molar-refractivity contribution in [3.05, 3.63) is 64.9 Å². The Balaban J connectivity index is 1.95. The monoisotopic (exact) mass is 290 g/mol. The van der Waals surface area contributed by atoms with Gasteiger partial charge in [-0.25, -0.2) is 4.39 Å². The van der Waals surface area contributed by atoms with Gasteiger partial charge in [-0.1, -0.05) is 23.7 Å². The van der Waals surface area contributed by atoms with Crippen LogP contribution in [0.2, 0.25) is 5.02 Å². The molecule has 0 aliphatic carbocycles. The van der Waals surface area contributed by atoms with Gasteiger partial charge in [-0.3, -0.25) is 4.79 Å². The molecule has 3 nitrogen and oxygen atoms in total. The zero-order valence-electron chi connectivity index (χ0n) is 10.5. The van der Waals surface area contributed by atoms with E-state index in [2.05, 4.69) is 0 Å². The summed E-state index contributed by atoms with van der Waals surface area (Å²) >= 11 is 5.86. The molecule has 1 fully saturated rings. The Hall–Kier alpha value is -1.91. The molecule has 5 heteroatoms. The van der Waals surface area contributed by atoms with E-state index >= 15 is 0 Å². The fraction of sp³-hybridized carbons (Fsp3) is 0.133. The molecule has 0 radical (unpaired) electrons. The zero-order valence-corrected chi connectivity index (χ0v) is 11.2. The lowest BCUT2D eigenvalue weighted by Gasteiger charge is -2.45. The molecule has 0 unspecified atom stereocenters. The fourth-order valence-electron chi connectivity index (χ4n) is 2.42. The molecule has 102 valence electrons. The molecular formula is C15H12ClFN2O. The van der Waals surface area contributed by atoms with E-state index in [4.69, 9.17) is 17.3 Å². The number of rotatable bonds is 2. The molecular weight excluding hydrogens is 279 g/mol.